The highest BCUT2D eigenvalue weighted by atomic mass is 16.5. The fourth-order valence-corrected chi connectivity index (χ4v) is 1.54. The first kappa shape index (κ1) is 12.8. The number of rotatable bonds is 6. The largest absolute Gasteiger partial charge is 0.493 e. The number of hydrogen-bond donors (Lipinski definition) is 0. The normalized spacial score (nSPS) is 12.2. The molecule has 0 aromatic heterocycles. The molecule has 0 unspecified atom stereocenters. The van der Waals surface area contributed by atoms with Crippen molar-refractivity contribution in [2.75, 3.05) is 6.61 Å². The molecule has 1 rings (SSSR count). The summed E-state index contributed by atoms with van der Waals surface area (Å²) in [6.45, 7) is 7.01. The maximum Gasteiger partial charge on any atom is 0.153 e. The van der Waals surface area contributed by atoms with Crippen LogP contribution in [-0.4, -0.2) is 12.9 Å². The van der Waals surface area contributed by atoms with Gasteiger partial charge in [0.15, 0.2) is 6.29 Å². The monoisotopic (exact) mass is 220 g/mol. The molecule has 1 aromatic carbocycles. The van der Waals surface area contributed by atoms with E-state index in [-0.39, 0.29) is 0 Å². The molecule has 0 N–H and O–H groups in total. The lowest BCUT2D eigenvalue weighted by Crippen LogP contribution is -2.00. The molecule has 0 radical (unpaired) electrons. The molecule has 0 spiro atoms. The number of benzene rings is 1. The Morgan fingerprint density at radius 3 is 2.69 bits per heavy atom. The van der Waals surface area contributed by atoms with Crippen molar-refractivity contribution < 1.29 is 9.53 Å². The molecule has 0 aliphatic rings. The first-order valence-electron chi connectivity index (χ1n) is 5.94. The Morgan fingerprint density at radius 1 is 1.38 bits per heavy atom. The van der Waals surface area contributed by atoms with E-state index in [2.05, 4.69) is 13.8 Å². The highest BCUT2D eigenvalue weighted by Crippen LogP contribution is 2.25. The number of carbonyl (C=O) groups excluding carboxylic acids is 1. The van der Waals surface area contributed by atoms with Crippen molar-refractivity contribution in [3.05, 3.63) is 29.3 Å². The van der Waals surface area contributed by atoms with Gasteiger partial charge < -0.3 is 4.74 Å². The highest BCUT2D eigenvalue weighted by molar-refractivity contribution is 5.79. The first-order valence-corrected chi connectivity index (χ1v) is 5.94. The van der Waals surface area contributed by atoms with Gasteiger partial charge in [-0.15, -0.1) is 0 Å². The molecule has 2 heteroatoms. The second-order valence-electron chi connectivity index (χ2n) is 4.07. The Hall–Kier alpha value is -1.31. The van der Waals surface area contributed by atoms with Crippen LogP contribution < -0.4 is 4.74 Å². The Morgan fingerprint density at radius 2 is 2.12 bits per heavy atom. The van der Waals surface area contributed by atoms with Gasteiger partial charge in [0.05, 0.1) is 12.2 Å². The minimum Gasteiger partial charge on any atom is -0.493 e. The van der Waals surface area contributed by atoms with E-state index in [4.69, 9.17) is 4.74 Å². The van der Waals surface area contributed by atoms with Gasteiger partial charge in [-0.3, -0.25) is 4.79 Å². The van der Waals surface area contributed by atoms with Crippen molar-refractivity contribution in [3.8, 4) is 5.75 Å². The van der Waals surface area contributed by atoms with Crippen LogP contribution in [0.2, 0.25) is 0 Å². The lowest BCUT2D eigenvalue weighted by Gasteiger charge is -2.12. The second kappa shape index (κ2) is 6.31. The van der Waals surface area contributed by atoms with E-state index < -0.39 is 0 Å². The Bertz CT molecular complexity index is 345. The van der Waals surface area contributed by atoms with E-state index in [1.165, 1.54) is 5.56 Å². The molecular weight excluding hydrogens is 200 g/mol. The Balaban J connectivity index is 2.92. The molecule has 0 aliphatic carbocycles. The third-order valence-corrected chi connectivity index (χ3v) is 2.80. The molecule has 1 aromatic rings. The summed E-state index contributed by atoms with van der Waals surface area (Å²) < 4.78 is 5.51. The van der Waals surface area contributed by atoms with Gasteiger partial charge in [-0.25, -0.2) is 0 Å². The molecule has 0 bridgehead atoms. The van der Waals surface area contributed by atoms with Crippen LogP contribution in [0.25, 0.3) is 0 Å². The molecule has 0 saturated heterocycles. The number of ether oxygens (including phenoxy) is 1. The zero-order valence-corrected chi connectivity index (χ0v) is 10.3. The molecular formula is C14H20O2. The smallest absolute Gasteiger partial charge is 0.153 e. The molecule has 88 valence electrons. The summed E-state index contributed by atoms with van der Waals surface area (Å²) in [5, 5.41) is 0. The third kappa shape index (κ3) is 3.09. The SMILES string of the molecule is CCCOc1ccc([C@@H](C)CC)cc1C=O. The molecule has 0 amide bonds. The van der Waals surface area contributed by atoms with Crippen molar-refractivity contribution in [2.24, 2.45) is 0 Å². The van der Waals surface area contributed by atoms with Crippen LogP contribution in [0.3, 0.4) is 0 Å². The van der Waals surface area contributed by atoms with Crippen molar-refractivity contribution in [1.82, 2.24) is 0 Å². The van der Waals surface area contributed by atoms with Crippen molar-refractivity contribution in [3.63, 3.8) is 0 Å². The van der Waals surface area contributed by atoms with Gasteiger partial charge in [0.25, 0.3) is 0 Å². The van der Waals surface area contributed by atoms with E-state index in [1.54, 1.807) is 0 Å². The predicted molar refractivity (Wildman–Crippen MR) is 66.3 cm³/mol. The second-order valence-corrected chi connectivity index (χ2v) is 4.07. The third-order valence-electron chi connectivity index (χ3n) is 2.80. The summed E-state index contributed by atoms with van der Waals surface area (Å²) >= 11 is 0. The van der Waals surface area contributed by atoms with Crippen molar-refractivity contribution in [2.45, 2.75) is 39.5 Å². The zero-order chi connectivity index (χ0) is 12.0. The van der Waals surface area contributed by atoms with E-state index in [1.807, 2.05) is 25.1 Å². The summed E-state index contributed by atoms with van der Waals surface area (Å²) in [6.07, 6.45) is 2.90. The van der Waals surface area contributed by atoms with Crippen molar-refractivity contribution >= 4 is 6.29 Å². The van der Waals surface area contributed by atoms with E-state index in [9.17, 15) is 4.79 Å². The zero-order valence-electron chi connectivity index (χ0n) is 10.3. The van der Waals surface area contributed by atoms with Gasteiger partial charge in [-0.1, -0.05) is 26.8 Å². The van der Waals surface area contributed by atoms with Crippen LogP contribution in [0.15, 0.2) is 18.2 Å². The summed E-state index contributed by atoms with van der Waals surface area (Å²) in [5.41, 5.74) is 1.86. The summed E-state index contributed by atoms with van der Waals surface area (Å²) in [4.78, 5) is 11.0. The van der Waals surface area contributed by atoms with Crippen LogP contribution in [-0.2, 0) is 0 Å². The topological polar surface area (TPSA) is 26.3 Å². The standard InChI is InChI=1S/C14H20O2/c1-4-8-16-14-7-6-12(11(3)5-2)9-13(14)10-15/h6-7,9-11H,4-5,8H2,1-3H3/t11-/m0/s1. The van der Waals surface area contributed by atoms with E-state index >= 15 is 0 Å². The highest BCUT2D eigenvalue weighted by Gasteiger charge is 2.08. The van der Waals surface area contributed by atoms with Gasteiger partial charge in [0.1, 0.15) is 5.75 Å². The number of aldehydes is 1. The lowest BCUT2D eigenvalue weighted by molar-refractivity contribution is 0.111. The van der Waals surface area contributed by atoms with Gasteiger partial charge in [0.2, 0.25) is 0 Å². The first-order chi connectivity index (χ1) is 7.72. The van der Waals surface area contributed by atoms with Crippen LogP contribution in [0.4, 0.5) is 0 Å². The molecule has 0 saturated carbocycles. The van der Waals surface area contributed by atoms with Crippen LogP contribution in [0.5, 0.6) is 5.75 Å². The quantitative estimate of drug-likeness (QED) is 0.681. The van der Waals surface area contributed by atoms with Crippen LogP contribution in [0.1, 0.15) is 55.5 Å². The van der Waals surface area contributed by atoms with Crippen molar-refractivity contribution in [1.29, 1.82) is 0 Å². The van der Waals surface area contributed by atoms with E-state index in [0.717, 1.165) is 19.1 Å². The Kier molecular flexibility index (Phi) is 5.03. The molecule has 2 nitrogen and oxygen atoms in total. The average Bonchev–Trinajstić information content (AvgIpc) is 2.35. The molecule has 0 aliphatic heterocycles. The van der Waals surface area contributed by atoms with Crippen LogP contribution in [0, 0.1) is 0 Å². The maximum atomic E-state index is 11.0. The van der Waals surface area contributed by atoms with Crippen LogP contribution >= 0.6 is 0 Å². The minimum absolute atomic E-state index is 0.485. The van der Waals surface area contributed by atoms with Gasteiger partial charge in [-0.2, -0.15) is 0 Å². The summed E-state index contributed by atoms with van der Waals surface area (Å²) in [5.74, 6) is 1.18. The van der Waals surface area contributed by atoms with Gasteiger partial charge in [-0.05, 0) is 36.5 Å². The number of carbonyl (C=O) groups is 1. The molecule has 1 atom stereocenters. The van der Waals surface area contributed by atoms with Gasteiger partial charge >= 0.3 is 0 Å². The molecule has 16 heavy (non-hydrogen) atoms. The Labute approximate surface area is 97.6 Å². The fourth-order valence-electron chi connectivity index (χ4n) is 1.54. The summed E-state index contributed by atoms with van der Waals surface area (Å²) in [7, 11) is 0. The molecule has 0 fully saturated rings. The summed E-state index contributed by atoms with van der Waals surface area (Å²) in [6, 6.07) is 5.89. The number of hydrogen-bond acceptors (Lipinski definition) is 2. The van der Waals surface area contributed by atoms with Gasteiger partial charge in [0, 0.05) is 0 Å². The lowest BCUT2D eigenvalue weighted by atomic mass is 9.97. The fraction of sp³-hybridized carbons (Fsp3) is 0.500. The van der Waals surface area contributed by atoms with E-state index in [0.29, 0.717) is 23.8 Å². The maximum absolute atomic E-state index is 11.0. The average molecular weight is 220 g/mol. The predicted octanol–water partition coefficient (Wildman–Crippen LogP) is 3.80. The molecule has 0 heterocycles. The minimum atomic E-state index is 0.485.